The monoisotopic (exact) mass is 336 g/mol. The number of rotatable bonds is 5. The van der Waals surface area contributed by atoms with Gasteiger partial charge in [0.25, 0.3) is 0 Å². The molecule has 7 heteroatoms. The van der Waals surface area contributed by atoms with E-state index in [1.807, 2.05) is 0 Å². The summed E-state index contributed by atoms with van der Waals surface area (Å²) in [6.45, 7) is 2.08. The lowest BCUT2D eigenvalue weighted by Crippen LogP contribution is -2.34. The van der Waals surface area contributed by atoms with Gasteiger partial charge in [0.05, 0.1) is 11.0 Å². The van der Waals surface area contributed by atoms with Crippen molar-refractivity contribution in [2.45, 2.75) is 17.9 Å². The second-order valence-electron chi connectivity index (χ2n) is 4.02. The number of anilines is 1. The molecule has 1 aromatic rings. The minimum absolute atomic E-state index is 0.160. The van der Waals surface area contributed by atoms with E-state index < -0.39 is 10.0 Å². The van der Waals surface area contributed by atoms with Crippen molar-refractivity contribution in [1.82, 2.24) is 4.31 Å². The van der Waals surface area contributed by atoms with Crippen LogP contribution < -0.4 is 5.73 Å². The number of halogens is 1. The van der Waals surface area contributed by atoms with E-state index in [9.17, 15) is 8.42 Å². The van der Waals surface area contributed by atoms with Crippen LogP contribution in [0.3, 0.4) is 0 Å². The fraction of sp³-hybridized carbons (Fsp3) is 0.455. The molecule has 1 aromatic carbocycles. The molecule has 0 aliphatic carbocycles. The molecule has 18 heavy (non-hydrogen) atoms. The average molecular weight is 337 g/mol. The van der Waals surface area contributed by atoms with Gasteiger partial charge < -0.3 is 10.5 Å². The first-order chi connectivity index (χ1) is 8.28. The number of likely N-dealkylation sites (N-methyl/N-ethyl adjacent to an activating group) is 1. The van der Waals surface area contributed by atoms with Gasteiger partial charge in [-0.1, -0.05) is 0 Å². The van der Waals surface area contributed by atoms with Crippen LogP contribution in [0.15, 0.2) is 27.6 Å². The van der Waals surface area contributed by atoms with E-state index in [0.29, 0.717) is 10.2 Å². The number of hydrogen-bond acceptors (Lipinski definition) is 4. The van der Waals surface area contributed by atoms with Gasteiger partial charge in [0, 0.05) is 30.9 Å². The van der Waals surface area contributed by atoms with Crippen LogP contribution in [0.5, 0.6) is 0 Å². The summed E-state index contributed by atoms with van der Waals surface area (Å²) in [7, 11) is -0.513. The smallest absolute Gasteiger partial charge is 0.244 e. The van der Waals surface area contributed by atoms with Gasteiger partial charge in [-0.25, -0.2) is 8.42 Å². The number of hydrogen-bond donors (Lipinski definition) is 1. The average Bonchev–Trinajstić information content (AvgIpc) is 2.31. The van der Waals surface area contributed by atoms with Crippen molar-refractivity contribution in [2.75, 3.05) is 26.4 Å². The predicted octanol–water partition coefficient (Wildman–Crippen LogP) is 1.69. The molecule has 1 rings (SSSR count). The molecule has 0 radical (unpaired) electrons. The van der Waals surface area contributed by atoms with Crippen LogP contribution >= 0.6 is 15.9 Å². The van der Waals surface area contributed by atoms with E-state index in [-0.39, 0.29) is 17.5 Å². The van der Waals surface area contributed by atoms with Crippen molar-refractivity contribution in [1.29, 1.82) is 0 Å². The third-order valence-electron chi connectivity index (χ3n) is 2.56. The third kappa shape index (κ3) is 3.44. The molecule has 1 unspecified atom stereocenters. The summed E-state index contributed by atoms with van der Waals surface area (Å²) in [6.07, 6.45) is -0.176. The molecular weight excluding hydrogens is 320 g/mol. The van der Waals surface area contributed by atoms with Crippen molar-refractivity contribution < 1.29 is 13.2 Å². The normalized spacial score (nSPS) is 13.8. The first-order valence-corrected chi connectivity index (χ1v) is 7.56. The molecule has 0 aliphatic rings. The predicted molar refractivity (Wildman–Crippen MR) is 74.8 cm³/mol. The van der Waals surface area contributed by atoms with E-state index in [0.717, 1.165) is 0 Å². The highest BCUT2D eigenvalue weighted by molar-refractivity contribution is 9.10. The molecule has 2 N–H and O–H groups in total. The highest BCUT2D eigenvalue weighted by Crippen LogP contribution is 2.26. The minimum Gasteiger partial charge on any atom is -0.399 e. The lowest BCUT2D eigenvalue weighted by molar-refractivity contribution is 0.104. The van der Waals surface area contributed by atoms with E-state index >= 15 is 0 Å². The lowest BCUT2D eigenvalue weighted by atomic mass is 10.3. The van der Waals surface area contributed by atoms with Crippen molar-refractivity contribution in [2.24, 2.45) is 0 Å². The van der Waals surface area contributed by atoms with E-state index in [1.54, 1.807) is 26.2 Å². The van der Waals surface area contributed by atoms with Crippen molar-refractivity contribution >= 4 is 31.6 Å². The maximum absolute atomic E-state index is 12.3. The number of nitrogens with zero attached hydrogens (tertiary/aromatic N) is 1. The van der Waals surface area contributed by atoms with Gasteiger partial charge in [-0.2, -0.15) is 4.31 Å². The van der Waals surface area contributed by atoms with Crippen LogP contribution in [0.1, 0.15) is 6.92 Å². The van der Waals surface area contributed by atoms with Crippen molar-refractivity contribution in [3.8, 4) is 0 Å². The zero-order valence-electron chi connectivity index (χ0n) is 10.6. The Morgan fingerprint density at radius 1 is 1.50 bits per heavy atom. The first-order valence-electron chi connectivity index (χ1n) is 5.33. The first kappa shape index (κ1) is 15.4. The molecular formula is C11H17BrN2O3S. The van der Waals surface area contributed by atoms with Crippen LogP contribution in [0.4, 0.5) is 5.69 Å². The van der Waals surface area contributed by atoms with Crippen LogP contribution in [-0.2, 0) is 14.8 Å². The largest absolute Gasteiger partial charge is 0.399 e. The zero-order chi connectivity index (χ0) is 13.9. The Balaban J connectivity index is 3.09. The molecule has 0 spiro atoms. The van der Waals surface area contributed by atoms with Gasteiger partial charge in [-0.3, -0.25) is 0 Å². The van der Waals surface area contributed by atoms with Gasteiger partial charge in [-0.15, -0.1) is 0 Å². The number of methoxy groups -OCH3 is 1. The number of sulfonamides is 1. The summed E-state index contributed by atoms with van der Waals surface area (Å²) < 4.78 is 31.5. The molecule has 0 saturated carbocycles. The topological polar surface area (TPSA) is 72.6 Å². The highest BCUT2D eigenvalue weighted by Gasteiger charge is 2.24. The van der Waals surface area contributed by atoms with Crippen LogP contribution in [0.25, 0.3) is 0 Å². The Morgan fingerprint density at radius 3 is 2.67 bits per heavy atom. The maximum atomic E-state index is 12.3. The summed E-state index contributed by atoms with van der Waals surface area (Å²) in [6, 6.07) is 4.70. The molecule has 0 aliphatic heterocycles. The molecule has 5 nitrogen and oxygen atoms in total. The summed E-state index contributed by atoms with van der Waals surface area (Å²) >= 11 is 3.23. The van der Waals surface area contributed by atoms with Crippen LogP contribution in [0.2, 0.25) is 0 Å². The Labute approximate surface area is 116 Å². The van der Waals surface area contributed by atoms with E-state index in [1.165, 1.54) is 17.4 Å². The summed E-state index contributed by atoms with van der Waals surface area (Å²) in [5, 5.41) is 0. The standard InChI is InChI=1S/C11H17BrN2O3S/c1-8(17-3)7-14(2)18(15,16)11-6-9(13)4-5-10(11)12/h4-6,8H,7,13H2,1-3H3. The van der Waals surface area contributed by atoms with Gasteiger partial charge in [-0.05, 0) is 41.1 Å². The molecule has 0 aromatic heterocycles. The van der Waals surface area contributed by atoms with E-state index in [2.05, 4.69) is 15.9 Å². The Kier molecular flexibility index (Phi) is 5.15. The zero-order valence-corrected chi connectivity index (χ0v) is 13.0. The van der Waals surface area contributed by atoms with Crippen molar-refractivity contribution in [3.05, 3.63) is 22.7 Å². The molecule has 0 amide bonds. The number of nitrogen functional groups attached to an aromatic ring is 1. The molecule has 102 valence electrons. The summed E-state index contributed by atoms with van der Waals surface area (Å²) in [4.78, 5) is 0.160. The Bertz CT molecular complexity index is 519. The fourth-order valence-corrected chi connectivity index (χ4v) is 3.62. The highest BCUT2D eigenvalue weighted by atomic mass is 79.9. The Morgan fingerprint density at radius 2 is 2.11 bits per heavy atom. The molecule has 0 fully saturated rings. The molecule has 0 saturated heterocycles. The van der Waals surface area contributed by atoms with Crippen LogP contribution in [0, 0.1) is 0 Å². The Hall–Kier alpha value is -0.630. The van der Waals surface area contributed by atoms with Crippen molar-refractivity contribution in [3.63, 3.8) is 0 Å². The number of benzene rings is 1. The minimum atomic E-state index is -3.57. The molecule has 0 heterocycles. The fourth-order valence-electron chi connectivity index (χ4n) is 1.42. The summed E-state index contributed by atoms with van der Waals surface area (Å²) in [5.41, 5.74) is 6.03. The van der Waals surface area contributed by atoms with Gasteiger partial charge in [0.15, 0.2) is 0 Å². The maximum Gasteiger partial charge on any atom is 0.244 e. The molecule has 0 bridgehead atoms. The second-order valence-corrected chi connectivity index (χ2v) is 6.89. The van der Waals surface area contributed by atoms with Gasteiger partial charge in [0.1, 0.15) is 0 Å². The number of ether oxygens (including phenoxy) is 1. The van der Waals surface area contributed by atoms with Gasteiger partial charge >= 0.3 is 0 Å². The summed E-state index contributed by atoms with van der Waals surface area (Å²) in [5.74, 6) is 0. The quantitative estimate of drug-likeness (QED) is 0.830. The lowest BCUT2D eigenvalue weighted by Gasteiger charge is -2.21. The van der Waals surface area contributed by atoms with Crippen LogP contribution in [-0.4, -0.2) is 39.5 Å². The van der Waals surface area contributed by atoms with Gasteiger partial charge in [0.2, 0.25) is 10.0 Å². The SMILES string of the molecule is COC(C)CN(C)S(=O)(=O)c1cc(N)ccc1Br. The number of nitrogens with two attached hydrogens (primary N) is 1. The second kappa shape index (κ2) is 6.01. The van der Waals surface area contributed by atoms with E-state index in [4.69, 9.17) is 10.5 Å². The molecule has 1 atom stereocenters. The third-order valence-corrected chi connectivity index (χ3v) is 5.38.